The summed E-state index contributed by atoms with van der Waals surface area (Å²) in [5.41, 5.74) is 2.89. The van der Waals surface area contributed by atoms with Gasteiger partial charge in [-0.2, -0.15) is 0 Å². The van der Waals surface area contributed by atoms with Gasteiger partial charge >= 0.3 is 0 Å². The van der Waals surface area contributed by atoms with Crippen molar-refractivity contribution >= 4 is 44.2 Å². The van der Waals surface area contributed by atoms with Gasteiger partial charge in [0.05, 0.1) is 36.2 Å². The third kappa shape index (κ3) is 5.88. The lowest BCUT2D eigenvalue weighted by Gasteiger charge is -2.32. The number of carbonyl (C=O) groups is 1. The average Bonchev–Trinajstić information content (AvgIpc) is 3.65. The van der Waals surface area contributed by atoms with Crippen LogP contribution in [0.4, 0.5) is 15.8 Å². The number of nitrogens with zero attached hydrogens (tertiary/aromatic N) is 5. The molecule has 8 nitrogen and oxygen atoms in total. The Bertz CT molecular complexity index is 1300. The summed E-state index contributed by atoms with van der Waals surface area (Å²) in [6, 6.07) is 7.48. The average molecular weight is 588 g/mol. The van der Waals surface area contributed by atoms with Crippen molar-refractivity contribution in [2.24, 2.45) is 0 Å². The molecule has 3 aromatic rings. The van der Waals surface area contributed by atoms with Crippen LogP contribution >= 0.6 is 15.9 Å². The van der Waals surface area contributed by atoms with Gasteiger partial charge < -0.3 is 19.7 Å². The number of hydrogen-bond acceptors (Lipinski definition) is 6. The fourth-order valence-corrected chi connectivity index (χ4v) is 5.52. The number of anilines is 2. The molecule has 1 N–H and O–H groups in total. The number of aryl methyl sites for hydroxylation is 2. The van der Waals surface area contributed by atoms with Gasteiger partial charge in [-0.15, -0.1) is 0 Å². The highest BCUT2D eigenvalue weighted by atomic mass is 79.9. The minimum Gasteiger partial charge on any atom is -0.352 e. The van der Waals surface area contributed by atoms with Crippen LogP contribution in [0.5, 0.6) is 0 Å². The Kier molecular flexibility index (Phi) is 8.32. The molecular weight excluding hydrogens is 551 g/mol. The molecule has 1 aromatic heterocycles. The molecule has 2 heterocycles. The van der Waals surface area contributed by atoms with Crippen molar-refractivity contribution in [1.82, 2.24) is 24.4 Å². The second-order valence-electron chi connectivity index (χ2n) is 10.4. The van der Waals surface area contributed by atoms with Crippen LogP contribution in [-0.2, 0) is 11.4 Å². The van der Waals surface area contributed by atoms with Gasteiger partial charge in [-0.05, 0) is 76.0 Å². The maximum Gasteiger partial charge on any atom is 0.279 e. The van der Waals surface area contributed by atoms with Crippen LogP contribution < -0.4 is 5.32 Å². The molecule has 0 bridgehead atoms. The molecule has 0 atom stereocenters. The normalized spacial score (nSPS) is 16.8. The zero-order valence-corrected chi connectivity index (χ0v) is 23.9. The molecule has 1 saturated carbocycles. The molecule has 1 saturated heterocycles. The van der Waals surface area contributed by atoms with E-state index < -0.39 is 5.82 Å². The number of benzene rings is 2. The van der Waals surface area contributed by atoms with E-state index in [0.717, 1.165) is 74.1 Å². The van der Waals surface area contributed by atoms with E-state index in [1.54, 1.807) is 12.4 Å². The number of fused-ring (bicyclic) bond motifs is 1. The Morgan fingerprint density at radius 3 is 2.61 bits per heavy atom. The molecule has 38 heavy (non-hydrogen) atoms. The number of carbonyl (C=O) groups excluding carboxylic acids is 1. The number of imidazole rings is 1. The van der Waals surface area contributed by atoms with Crippen LogP contribution in [0.15, 0.2) is 35.1 Å². The molecule has 10 heteroatoms. The van der Waals surface area contributed by atoms with E-state index >= 15 is 4.39 Å². The van der Waals surface area contributed by atoms with Crippen LogP contribution in [0.25, 0.3) is 11.0 Å². The SMILES string of the molecule is CON(C(=O)c1cc2c(ncn2CCCCN2CCN(C)CC2)c(F)c1Nc1ccc(Br)cc1C)C1CC1. The lowest BCUT2D eigenvalue weighted by molar-refractivity contribution is -0.101. The van der Waals surface area contributed by atoms with Gasteiger partial charge in [-0.25, -0.2) is 14.4 Å². The molecule has 0 unspecified atom stereocenters. The van der Waals surface area contributed by atoms with E-state index in [1.165, 1.54) is 12.2 Å². The summed E-state index contributed by atoms with van der Waals surface area (Å²) in [5, 5.41) is 4.56. The third-order valence-corrected chi connectivity index (χ3v) is 8.02. The number of amides is 1. The monoisotopic (exact) mass is 586 g/mol. The second-order valence-corrected chi connectivity index (χ2v) is 11.3. The van der Waals surface area contributed by atoms with Gasteiger partial charge in [0.1, 0.15) is 5.52 Å². The van der Waals surface area contributed by atoms with Crippen LogP contribution in [0, 0.1) is 12.7 Å². The van der Waals surface area contributed by atoms with E-state index in [9.17, 15) is 4.79 Å². The largest absolute Gasteiger partial charge is 0.352 e. The summed E-state index contributed by atoms with van der Waals surface area (Å²) in [4.78, 5) is 28.4. The molecule has 2 aliphatic rings. The number of hydrogen-bond donors (Lipinski definition) is 1. The number of nitrogens with one attached hydrogen (secondary N) is 1. The van der Waals surface area contributed by atoms with Crippen molar-refractivity contribution in [3.63, 3.8) is 0 Å². The van der Waals surface area contributed by atoms with Crippen LogP contribution in [0.1, 0.15) is 41.6 Å². The summed E-state index contributed by atoms with van der Waals surface area (Å²) in [7, 11) is 3.65. The van der Waals surface area contributed by atoms with E-state index in [1.807, 2.05) is 29.7 Å². The number of aromatic nitrogens is 2. The molecular formula is C28H36BrFN6O2. The number of hydroxylamine groups is 2. The molecule has 1 aliphatic heterocycles. The van der Waals surface area contributed by atoms with Crippen molar-refractivity contribution < 1.29 is 14.0 Å². The topological polar surface area (TPSA) is 65.9 Å². The lowest BCUT2D eigenvalue weighted by Crippen LogP contribution is -2.44. The molecule has 2 aromatic carbocycles. The Labute approximate surface area is 231 Å². The lowest BCUT2D eigenvalue weighted by atomic mass is 10.1. The van der Waals surface area contributed by atoms with Crippen LogP contribution in [-0.4, -0.2) is 83.2 Å². The van der Waals surface area contributed by atoms with E-state index in [-0.39, 0.29) is 28.7 Å². The first-order valence-corrected chi connectivity index (χ1v) is 14.1. The van der Waals surface area contributed by atoms with Gasteiger partial charge in [-0.1, -0.05) is 15.9 Å². The van der Waals surface area contributed by atoms with E-state index in [0.29, 0.717) is 12.1 Å². The predicted molar refractivity (Wildman–Crippen MR) is 151 cm³/mol. The fourth-order valence-electron chi connectivity index (χ4n) is 5.04. The Morgan fingerprint density at radius 1 is 1.18 bits per heavy atom. The van der Waals surface area contributed by atoms with Crippen LogP contribution in [0.2, 0.25) is 0 Å². The number of unbranched alkanes of at least 4 members (excludes halogenated alkanes) is 1. The molecule has 204 valence electrons. The highest BCUT2D eigenvalue weighted by Crippen LogP contribution is 2.35. The summed E-state index contributed by atoms with van der Waals surface area (Å²) >= 11 is 3.47. The Balaban J connectivity index is 1.41. The molecule has 1 aliphatic carbocycles. The van der Waals surface area contributed by atoms with Gasteiger partial charge in [0.15, 0.2) is 5.82 Å². The fraction of sp³-hybridized carbons (Fsp3) is 0.500. The third-order valence-electron chi connectivity index (χ3n) is 7.53. The smallest absolute Gasteiger partial charge is 0.279 e. The zero-order chi connectivity index (χ0) is 26.8. The summed E-state index contributed by atoms with van der Waals surface area (Å²) in [5.74, 6) is -0.882. The number of piperazine rings is 1. The van der Waals surface area contributed by atoms with Crippen molar-refractivity contribution in [3.05, 3.63) is 52.0 Å². The number of likely N-dealkylation sites (N-methyl/N-ethyl adjacent to an activating group) is 1. The van der Waals surface area contributed by atoms with Gasteiger partial charge in [0.25, 0.3) is 5.91 Å². The maximum absolute atomic E-state index is 16.1. The molecule has 0 radical (unpaired) electrons. The van der Waals surface area contributed by atoms with Crippen molar-refractivity contribution in [1.29, 1.82) is 0 Å². The summed E-state index contributed by atoms with van der Waals surface area (Å²) < 4.78 is 19.0. The standard InChI is InChI=1S/C28H36BrFN6O2/c1-19-16-20(29)6-9-23(19)32-26-22(28(37)36(38-3)21-7-8-21)17-24-27(25(26)30)31-18-35(24)11-5-4-10-34-14-12-33(2)13-15-34/h6,9,16-18,21,32H,4-5,7-8,10-15H2,1-3H3. The summed E-state index contributed by atoms with van der Waals surface area (Å²) in [6.45, 7) is 8.14. The minimum absolute atomic E-state index is 0.0213. The minimum atomic E-state index is -0.531. The second kappa shape index (κ2) is 11.7. The highest BCUT2D eigenvalue weighted by molar-refractivity contribution is 9.10. The van der Waals surface area contributed by atoms with E-state index in [2.05, 4.69) is 43.1 Å². The Morgan fingerprint density at radius 2 is 1.92 bits per heavy atom. The molecule has 5 rings (SSSR count). The van der Waals surface area contributed by atoms with Crippen molar-refractivity contribution in [2.45, 2.75) is 45.2 Å². The number of rotatable bonds is 10. The highest BCUT2D eigenvalue weighted by Gasteiger charge is 2.36. The van der Waals surface area contributed by atoms with Gasteiger partial charge in [0, 0.05) is 42.9 Å². The first kappa shape index (κ1) is 27.1. The van der Waals surface area contributed by atoms with E-state index in [4.69, 9.17) is 4.84 Å². The zero-order valence-electron chi connectivity index (χ0n) is 22.3. The van der Waals surface area contributed by atoms with Crippen molar-refractivity contribution in [2.75, 3.05) is 52.2 Å². The first-order chi connectivity index (χ1) is 18.4. The summed E-state index contributed by atoms with van der Waals surface area (Å²) in [6.07, 6.45) is 5.45. The molecule has 2 fully saturated rings. The molecule has 1 amide bonds. The molecule has 0 spiro atoms. The quantitative estimate of drug-likeness (QED) is 0.261. The maximum atomic E-state index is 16.1. The van der Waals surface area contributed by atoms with Gasteiger partial charge in [0.2, 0.25) is 0 Å². The van der Waals surface area contributed by atoms with Gasteiger partial charge in [-0.3, -0.25) is 9.63 Å². The number of halogens is 2. The first-order valence-electron chi connectivity index (χ1n) is 13.3. The van der Waals surface area contributed by atoms with Crippen LogP contribution in [0.3, 0.4) is 0 Å². The van der Waals surface area contributed by atoms with Crippen molar-refractivity contribution in [3.8, 4) is 0 Å². The predicted octanol–water partition coefficient (Wildman–Crippen LogP) is 5.18. The Hall–Kier alpha value is -2.53.